The van der Waals surface area contributed by atoms with E-state index in [1.54, 1.807) is 18.3 Å². The van der Waals surface area contributed by atoms with Gasteiger partial charge in [-0.1, -0.05) is 12.1 Å². The molecule has 0 radical (unpaired) electrons. The Morgan fingerprint density at radius 2 is 2.37 bits per heavy atom. The van der Waals surface area contributed by atoms with E-state index < -0.39 is 0 Å². The fourth-order valence-corrected chi connectivity index (χ4v) is 1.48. The number of hydrogen-bond acceptors (Lipinski definition) is 6. The number of nitrogens with zero attached hydrogens (tertiary/aromatic N) is 4. The number of aromatic nitrogens is 5. The van der Waals surface area contributed by atoms with E-state index in [-0.39, 0.29) is 12.5 Å². The van der Waals surface area contributed by atoms with Crippen molar-refractivity contribution in [3.63, 3.8) is 0 Å². The van der Waals surface area contributed by atoms with Gasteiger partial charge >= 0.3 is 0 Å². The number of tetrazole rings is 1. The summed E-state index contributed by atoms with van der Waals surface area (Å²) in [5.41, 5.74) is 0.499. The van der Waals surface area contributed by atoms with Crippen LogP contribution >= 0.6 is 0 Å². The molecule has 0 saturated carbocycles. The van der Waals surface area contributed by atoms with Gasteiger partial charge in [0.05, 0.1) is 12.1 Å². The maximum absolute atomic E-state index is 12.0. The Kier molecular flexibility index (Phi) is 4.38. The van der Waals surface area contributed by atoms with Gasteiger partial charge in [-0.05, 0) is 18.6 Å². The molecule has 3 N–H and O–H groups in total. The van der Waals surface area contributed by atoms with Gasteiger partial charge in [0.1, 0.15) is 5.82 Å². The smallest absolute Gasteiger partial charge is 0.255 e. The lowest BCUT2D eigenvalue weighted by atomic mass is 10.2. The molecule has 2 rings (SSSR count). The summed E-state index contributed by atoms with van der Waals surface area (Å²) >= 11 is 0. The largest absolute Gasteiger partial charge is 0.369 e. The first kappa shape index (κ1) is 12.9. The quantitative estimate of drug-likeness (QED) is 0.692. The molecule has 0 spiro atoms. The molecule has 0 aliphatic carbocycles. The summed E-state index contributed by atoms with van der Waals surface area (Å²) in [4.78, 5) is 16.2. The standard InChI is InChI=1S/C11H15N7O/c1-2-5-12-10-8(4-3-6-13-10)11(19)14-7-9-15-17-18-16-9/h3-4,6H,2,5,7H2,1H3,(H,12,13)(H,14,19)(H,15,16,17,18). The number of hydrogen-bond donors (Lipinski definition) is 3. The first-order chi connectivity index (χ1) is 9.31. The van der Waals surface area contributed by atoms with E-state index in [9.17, 15) is 4.79 Å². The SMILES string of the molecule is CCCNc1ncccc1C(=O)NCc1nn[nH]n1. The van der Waals surface area contributed by atoms with E-state index in [0.717, 1.165) is 13.0 Å². The number of rotatable bonds is 6. The zero-order valence-corrected chi connectivity index (χ0v) is 10.6. The average molecular weight is 261 g/mol. The molecule has 100 valence electrons. The highest BCUT2D eigenvalue weighted by Crippen LogP contribution is 2.11. The summed E-state index contributed by atoms with van der Waals surface area (Å²) in [5.74, 6) is 0.784. The molecule has 8 nitrogen and oxygen atoms in total. The Balaban J connectivity index is 2.01. The molecular weight excluding hydrogens is 246 g/mol. The summed E-state index contributed by atoms with van der Waals surface area (Å²) in [6, 6.07) is 3.44. The predicted octanol–water partition coefficient (Wildman–Crippen LogP) is 0.347. The molecule has 2 aromatic rings. The lowest BCUT2D eigenvalue weighted by molar-refractivity contribution is 0.0950. The fraction of sp³-hybridized carbons (Fsp3) is 0.364. The summed E-state index contributed by atoms with van der Waals surface area (Å²) in [5, 5.41) is 19.1. The van der Waals surface area contributed by atoms with Crippen LogP contribution in [0.2, 0.25) is 0 Å². The van der Waals surface area contributed by atoms with Gasteiger partial charge in [-0.3, -0.25) is 4.79 Å². The van der Waals surface area contributed by atoms with Crippen LogP contribution in [0.15, 0.2) is 18.3 Å². The third-order valence-corrected chi connectivity index (χ3v) is 2.39. The highest BCUT2D eigenvalue weighted by Gasteiger charge is 2.12. The first-order valence-corrected chi connectivity index (χ1v) is 6.00. The predicted molar refractivity (Wildman–Crippen MR) is 68.4 cm³/mol. The van der Waals surface area contributed by atoms with Crippen LogP contribution in [-0.4, -0.2) is 38.1 Å². The van der Waals surface area contributed by atoms with Crippen LogP contribution in [-0.2, 0) is 6.54 Å². The number of pyridine rings is 1. The molecule has 2 heterocycles. The van der Waals surface area contributed by atoms with Crippen molar-refractivity contribution in [2.24, 2.45) is 0 Å². The van der Waals surface area contributed by atoms with Crippen LogP contribution < -0.4 is 10.6 Å². The van der Waals surface area contributed by atoms with Crippen molar-refractivity contribution in [1.29, 1.82) is 0 Å². The number of H-pyrrole nitrogens is 1. The molecule has 0 aliphatic heterocycles. The van der Waals surface area contributed by atoms with E-state index in [0.29, 0.717) is 17.2 Å². The van der Waals surface area contributed by atoms with Gasteiger partial charge in [0.15, 0.2) is 5.82 Å². The highest BCUT2D eigenvalue weighted by molar-refractivity contribution is 5.98. The second-order valence-corrected chi connectivity index (χ2v) is 3.84. The number of nitrogens with one attached hydrogen (secondary N) is 3. The van der Waals surface area contributed by atoms with Crippen molar-refractivity contribution in [1.82, 2.24) is 30.9 Å². The lowest BCUT2D eigenvalue weighted by Crippen LogP contribution is -2.25. The van der Waals surface area contributed by atoms with Crippen LogP contribution in [0.3, 0.4) is 0 Å². The molecular formula is C11H15N7O. The van der Waals surface area contributed by atoms with Crippen LogP contribution in [0.25, 0.3) is 0 Å². The third kappa shape index (κ3) is 3.47. The highest BCUT2D eigenvalue weighted by atomic mass is 16.1. The minimum Gasteiger partial charge on any atom is -0.369 e. The molecule has 0 aliphatic rings. The van der Waals surface area contributed by atoms with Crippen molar-refractivity contribution in [3.05, 3.63) is 29.7 Å². The van der Waals surface area contributed by atoms with Crippen molar-refractivity contribution in [3.8, 4) is 0 Å². The van der Waals surface area contributed by atoms with Crippen molar-refractivity contribution >= 4 is 11.7 Å². The normalized spacial score (nSPS) is 10.2. The first-order valence-electron chi connectivity index (χ1n) is 6.00. The molecule has 0 bridgehead atoms. The van der Waals surface area contributed by atoms with Crippen LogP contribution in [0.1, 0.15) is 29.5 Å². The Bertz CT molecular complexity index is 526. The van der Waals surface area contributed by atoms with Gasteiger partial charge in [0.2, 0.25) is 0 Å². The zero-order chi connectivity index (χ0) is 13.5. The number of aromatic amines is 1. The lowest BCUT2D eigenvalue weighted by Gasteiger charge is -2.09. The van der Waals surface area contributed by atoms with Gasteiger partial charge in [-0.15, -0.1) is 10.2 Å². The molecule has 0 fully saturated rings. The van der Waals surface area contributed by atoms with E-state index in [1.165, 1.54) is 0 Å². The molecule has 2 aromatic heterocycles. The second-order valence-electron chi connectivity index (χ2n) is 3.84. The molecule has 19 heavy (non-hydrogen) atoms. The van der Waals surface area contributed by atoms with Gasteiger partial charge in [0.25, 0.3) is 5.91 Å². The number of anilines is 1. The van der Waals surface area contributed by atoms with Gasteiger partial charge in [-0.2, -0.15) is 5.21 Å². The Morgan fingerprint density at radius 1 is 1.47 bits per heavy atom. The van der Waals surface area contributed by atoms with Gasteiger partial charge in [-0.25, -0.2) is 4.98 Å². The summed E-state index contributed by atoms with van der Waals surface area (Å²) < 4.78 is 0. The Labute approximate surface area is 110 Å². The second kappa shape index (κ2) is 6.43. The van der Waals surface area contributed by atoms with Crippen molar-refractivity contribution in [2.45, 2.75) is 19.9 Å². The molecule has 0 atom stereocenters. The average Bonchev–Trinajstić information content (AvgIpc) is 2.96. The fourth-order valence-electron chi connectivity index (χ4n) is 1.48. The van der Waals surface area contributed by atoms with E-state index in [1.807, 2.05) is 6.92 Å². The van der Waals surface area contributed by atoms with Crippen molar-refractivity contribution < 1.29 is 4.79 Å². The molecule has 0 aromatic carbocycles. The third-order valence-electron chi connectivity index (χ3n) is 2.39. The maximum Gasteiger partial charge on any atom is 0.255 e. The number of carbonyl (C=O) groups excluding carboxylic acids is 1. The van der Waals surface area contributed by atoms with E-state index in [4.69, 9.17) is 0 Å². The molecule has 0 saturated heterocycles. The van der Waals surface area contributed by atoms with E-state index >= 15 is 0 Å². The maximum atomic E-state index is 12.0. The zero-order valence-electron chi connectivity index (χ0n) is 10.6. The van der Waals surface area contributed by atoms with Crippen LogP contribution in [0.5, 0.6) is 0 Å². The van der Waals surface area contributed by atoms with Gasteiger partial charge in [0, 0.05) is 12.7 Å². The van der Waals surface area contributed by atoms with Crippen LogP contribution in [0, 0.1) is 0 Å². The summed E-state index contributed by atoms with van der Waals surface area (Å²) in [6.45, 7) is 3.03. The monoisotopic (exact) mass is 261 g/mol. The Morgan fingerprint density at radius 3 is 3.11 bits per heavy atom. The minimum absolute atomic E-state index is 0.220. The van der Waals surface area contributed by atoms with Gasteiger partial charge < -0.3 is 10.6 Å². The molecule has 8 heteroatoms. The van der Waals surface area contributed by atoms with Crippen LogP contribution in [0.4, 0.5) is 5.82 Å². The molecule has 0 unspecified atom stereocenters. The van der Waals surface area contributed by atoms with E-state index in [2.05, 4.69) is 36.2 Å². The summed E-state index contributed by atoms with van der Waals surface area (Å²) in [7, 11) is 0. The molecule has 1 amide bonds. The number of amides is 1. The Hall–Kier alpha value is -2.51. The summed E-state index contributed by atoms with van der Waals surface area (Å²) in [6.07, 6.45) is 2.61. The number of carbonyl (C=O) groups is 1. The van der Waals surface area contributed by atoms with Crippen molar-refractivity contribution in [2.75, 3.05) is 11.9 Å². The topological polar surface area (TPSA) is 108 Å². The minimum atomic E-state index is -0.225.